The molecule has 0 saturated carbocycles. The molecule has 1 rings (SSSR count). The number of rotatable bonds is 4. The second-order valence-corrected chi connectivity index (χ2v) is 4.00. The van der Waals surface area contributed by atoms with E-state index < -0.39 is 0 Å². The Morgan fingerprint density at radius 3 is 3.07 bits per heavy atom. The van der Waals surface area contributed by atoms with Crippen LogP contribution in [0.5, 0.6) is 0 Å². The number of halogens is 1. The van der Waals surface area contributed by atoms with Crippen molar-refractivity contribution in [2.45, 2.75) is 12.8 Å². The predicted octanol–water partition coefficient (Wildman–Crippen LogP) is 2.17. The van der Waals surface area contributed by atoms with Crippen LogP contribution in [0.15, 0.2) is 22.2 Å². The van der Waals surface area contributed by atoms with Crippen LogP contribution in [0, 0.1) is 0 Å². The molecule has 0 fully saturated rings. The van der Waals surface area contributed by atoms with E-state index >= 15 is 0 Å². The summed E-state index contributed by atoms with van der Waals surface area (Å²) in [5.41, 5.74) is 1.10. The topological polar surface area (TPSA) is 35.5 Å². The molecule has 0 aromatic carbocycles. The molecule has 0 bridgehead atoms. The van der Waals surface area contributed by atoms with Gasteiger partial charge in [-0.15, -0.1) is 0 Å². The first kappa shape index (κ1) is 11.5. The Hall–Kier alpha value is -0.610. The first-order chi connectivity index (χ1) is 6.72. The zero-order valence-electron chi connectivity index (χ0n) is 8.09. The summed E-state index contributed by atoms with van der Waals surface area (Å²) in [6, 6.07) is 0. The highest BCUT2D eigenvalue weighted by molar-refractivity contribution is 9.11. The van der Waals surface area contributed by atoms with Crippen LogP contribution in [0.2, 0.25) is 0 Å². The fraction of sp³-hybridized carbons (Fsp3) is 0.500. The number of esters is 1. The lowest BCUT2D eigenvalue weighted by molar-refractivity contribution is -0.145. The molecule has 0 atom stereocenters. The zero-order valence-corrected chi connectivity index (χ0v) is 9.67. The van der Waals surface area contributed by atoms with Gasteiger partial charge in [0.2, 0.25) is 0 Å². The van der Waals surface area contributed by atoms with Crippen molar-refractivity contribution < 1.29 is 14.3 Å². The number of carbonyl (C=O) groups is 1. The van der Waals surface area contributed by atoms with Crippen LogP contribution < -0.4 is 0 Å². The van der Waals surface area contributed by atoms with E-state index in [0.717, 1.165) is 18.4 Å². The Labute approximate surface area is 91.9 Å². The van der Waals surface area contributed by atoms with Crippen LogP contribution in [-0.2, 0) is 14.3 Å². The van der Waals surface area contributed by atoms with E-state index in [0.29, 0.717) is 6.61 Å². The molecule has 0 aromatic rings. The highest BCUT2D eigenvalue weighted by Crippen LogP contribution is 2.21. The average molecular weight is 261 g/mol. The molecule has 0 spiro atoms. The van der Waals surface area contributed by atoms with Gasteiger partial charge in [0.25, 0.3) is 0 Å². The van der Waals surface area contributed by atoms with E-state index in [9.17, 15) is 4.79 Å². The highest BCUT2D eigenvalue weighted by atomic mass is 79.9. The molecule has 0 radical (unpaired) electrons. The molecule has 0 heterocycles. The number of ether oxygens (including phenoxy) is 2. The predicted molar refractivity (Wildman–Crippen MR) is 57.2 cm³/mol. The lowest BCUT2D eigenvalue weighted by atomic mass is 10.1. The smallest absolute Gasteiger partial charge is 0.331 e. The van der Waals surface area contributed by atoms with Gasteiger partial charge in [0.05, 0.1) is 13.7 Å². The molecule has 3 nitrogen and oxygen atoms in total. The number of allylic oxidation sites excluding steroid dienone is 2. The Balaban J connectivity index is 2.25. The summed E-state index contributed by atoms with van der Waals surface area (Å²) in [5, 5.41) is 0. The van der Waals surface area contributed by atoms with Gasteiger partial charge < -0.3 is 9.47 Å². The van der Waals surface area contributed by atoms with E-state index in [1.54, 1.807) is 0 Å². The minimum absolute atomic E-state index is 0.0132. The van der Waals surface area contributed by atoms with Crippen molar-refractivity contribution >= 4 is 21.9 Å². The van der Waals surface area contributed by atoms with Crippen LogP contribution in [0.25, 0.3) is 0 Å². The van der Waals surface area contributed by atoms with Gasteiger partial charge in [0.15, 0.2) is 0 Å². The second kappa shape index (κ2) is 5.98. The SMILES string of the molecule is COC(=O)COCC1=CCCC(Br)=C1. The summed E-state index contributed by atoms with van der Waals surface area (Å²) in [4.78, 5) is 10.7. The summed E-state index contributed by atoms with van der Waals surface area (Å²) in [6.07, 6.45) is 6.21. The molecule has 4 heteroatoms. The fourth-order valence-corrected chi connectivity index (χ4v) is 1.66. The highest BCUT2D eigenvalue weighted by Gasteiger charge is 2.04. The van der Waals surface area contributed by atoms with E-state index in [-0.39, 0.29) is 12.6 Å². The Kier molecular flexibility index (Phi) is 4.90. The molecule has 0 amide bonds. The standard InChI is InChI=1S/C10H13BrO3/c1-13-10(12)7-14-6-8-3-2-4-9(11)5-8/h3,5H,2,4,6-7H2,1H3. The number of hydrogen-bond acceptors (Lipinski definition) is 3. The van der Waals surface area contributed by atoms with Crippen molar-refractivity contribution in [3.05, 3.63) is 22.2 Å². The summed E-state index contributed by atoms with van der Waals surface area (Å²) in [5.74, 6) is -0.343. The Morgan fingerprint density at radius 1 is 1.64 bits per heavy atom. The molecule has 0 saturated heterocycles. The van der Waals surface area contributed by atoms with Gasteiger partial charge in [-0.25, -0.2) is 4.79 Å². The van der Waals surface area contributed by atoms with Gasteiger partial charge in [-0.2, -0.15) is 0 Å². The molecule has 0 N–H and O–H groups in total. The summed E-state index contributed by atoms with van der Waals surface area (Å²) >= 11 is 3.44. The van der Waals surface area contributed by atoms with Gasteiger partial charge in [0, 0.05) is 0 Å². The van der Waals surface area contributed by atoms with Crippen LogP contribution in [-0.4, -0.2) is 26.3 Å². The van der Waals surface area contributed by atoms with E-state index in [1.165, 1.54) is 11.6 Å². The van der Waals surface area contributed by atoms with Gasteiger partial charge in [0.1, 0.15) is 6.61 Å². The molecule has 0 unspecified atom stereocenters. The lowest BCUT2D eigenvalue weighted by Gasteiger charge is -2.09. The van der Waals surface area contributed by atoms with Gasteiger partial charge in [-0.3, -0.25) is 0 Å². The molecule has 0 aliphatic heterocycles. The maximum atomic E-state index is 10.7. The number of methoxy groups -OCH3 is 1. The zero-order chi connectivity index (χ0) is 10.4. The van der Waals surface area contributed by atoms with Gasteiger partial charge in [-0.1, -0.05) is 22.0 Å². The summed E-state index contributed by atoms with van der Waals surface area (Å²) in [7, 11) is 1.35. The monoisotopic (exact) mass is 260 g/mol. The molecule has 1 aliphatic carbocycles. The third-order valence-electron chi connectivity index (χ3n) is 1.85. The lowest BCUT2D eigenvalue weighted by Crippen LogP contribution is -2.11. The fourth-order valence-electron chi connectivity index (χ4n) is 1.14. The quantitative estimate of drug-likeness (QED) is 0.727. The second-order valence-electron chi connectivity index (χ2n) is 2.98. The van der Waals surface area contributed by atoms with Crippen molar-refractivity contribution in [1.82, 2.24) is 0 Å². The third kappa shape index (κ3) is 4.07. The van der Waals surface area contributed by atoms with Crippen molar-refractivity contribution in [2.75, 3.05) is 20.3 Å². The molecular formula is C10H13BrO3. The van der Waals surface area contributed by atoms with Crippen molar-refractivity contribution in [1.29, 1.82) is 0 Å². The van der Waals surface area contributed by atoms with E-state index in [4.69, 9.17) is 4.74 Å². The third-order valence-corrected chi connectivity index (χ3v) is 2.47. The van der Waals surface area contributed by atoms with Crippen LogP contribution in [0.4, 0.5) is 0 Å². The minimum Gasteiger partial charge on any atom is -0.467 e. The molecule has 1 aliphatic rings. The maximum Gasteiger partial charge on any atom is 0.331 e. The van der Waals surface area contributed by atoms with E-state index in [2.05, 4.69) is 26.7 Å². The molecular weight excluding hydrogens is 248 g/mol. The Bertz CT molecular complexity index is 269. The van der Waals surface area contributed by atoms with Crippen LogP contribution in [0.3, 0.4) is 0 Å². The van der Waals surface area contributed by atoms with Crippen molar-refractivity contribution in [2.24, 2.45) is 0 Å². The normalized spacial score (nSPS) is 15.9. The first-order valence-electron chi connectivity index (χ1n) is 4.42. The van der Waals surface area contributed by atoms with Gasteiger partial charge in [-0.05, 0) is 29.0 Å². The largest absolute Gasteiger partial charge is 0.467 e. The van der Waals surface area contributed by atoms with Crippen LogP contribution in [0.1, 0.15) is 12.8 Å². The minimum atomic E-state index is -0.343. The average Bonchev–Trinajstić information content (AvgIpc) is 2.17. The van der Waals surface area contributed by atoms with Crippen molar-refractivity contribution in [3.63, 3.8) is 0 Å². The first-order valence-corrected chi connectivity index (χ1v) is 5.21. The van der Waals surface area contributed by atoms with E-state index in [1.807, 2.05) is 6.08 Å². The number of hydrogen-bond donors (Lipinski definition) is 0. The van der Waals surface area contributed by atoms with Gasteiger partial charge >= 0.3 is 5.97 Å². The summed E-state index contributed by atoms with van der Waals surface area (Å²) in [6.45, 7) is 0.476. The molecule has 78 valence electrons. The molecule has 0 aromatic heterocycles. The van der Waals surface area contributed by atoms with Crippen molar-refractivity contribution in [3.8, 4) is 0 Å². The molecule has 14 heavy (non-hydrogen) atoms. The Morgan fingerprint density at radius 2 is 2.43 bits per heavy atom. The maximum absolute atomic E-state index is 10.7. The van der Waals surface area contributed by atoms with Crippen LogP contribution >= 0.6 is 15.9 Å². The number of carbonyl (C=O) groups excluding carboxylic acids is 1. The summed E-state index contributed by atoms with van der Waals surface area (Å²) < 4.78 is 10.8.